The maximum absolute atomic E-state index is 10.9. The zero-order valence-electron chi connectivity index (χ0n) is 11.4. The molecule has 1 aromatic heterocycles. The molecule has 0 amide bonds. The lowest BCUT2D eigenvalue weighted by molar-refractivity contribution is -0.384. The molecular formula is C15H13N3O3. The van der Waals surface area contributed by atoms with Crippen molar-refractivity contribution in [1.29, 1.82) is 0 Å². The normalized spacial score (nSPS) is 10.7. The van der Waals surface area contributed by atoms with Crippen LogP contribution in [0.4, 0.5) is 5.69 Å². The van der Waals surface area contributed by atoms with E-state index in [1.807, 2.05) is 28.8 Å². The summed E-state index contributed by atoms with van der Waals surface area (Å²) in [5.74, 6) is 0.780. The highest BCUT2D eigenvalue weighted by molar-refractivity contribution is 5.78. The zero-order valence-corrected chi connectivity index (χ0v) is 11.4. The van der Waals surface area contributed by atoms with Gasteiger partial charge in [0.25, 0.3) is 5.69 Å². The van der Waals surface area contributed by atoms with E-state index in [4.69, 9.17) is 4.74 Å². The third-order valence-corrected chi connectivity index (χ3v) is 3.30. The summed E-state index contributed by atoms with van der Waals surface area (Å²) in [5.41, 5.74) is 2.59. The van der Waals surface area contributed by atoms with E-state index in [1.165, 1.54) is 6.07 Å². The van der Waals surface area contributed by atoms with Crippen molar-refractivity contribution in [2.24, 2.45) is 0 Å². The number of fused-ring (bicyclic) bond motifs is 1. The van der Waals surface area contributed by atoms with Crippen molar-refractivity contribution in [3.8, 4) is 5.75 Å². The average Bonchev–Trinajstić information content (AvgIpc) is 2.90. The van der Waals surface area contributed by atoms with Crippen LogP contribution in [-0.4, -0.2) is 21.6 Å². The molecule has 0 aliphatic rings. The molecule has 21 heavy (non-hydrogen) atoms. The lowest BCUT2D eigenvalue weighted by atomic mass is 10.2. The Labute approximate surface area is 120 Å². The van der Waals surface area contributed by atoms with Gasteiger partial charge in [0.05, 0.1) is 29.4 Å². The molecule has 0 N–H and O–H groups in total. The Hall–Kier alpha value is -2.89. The molecule has 6 nitrogen and oxygen atoms in total. The van der Waals surface area contributed by atoms with Crippen LogP contribution in [0.15, 0.2) is 48.8 Å². The molecule has 0 bridgehead atoms. The number of rotatable bonds is 4. The molecule has 0 saturated carbocycles. The number of nitrogens with zero attached hydrogens (tertiary/aromatic N) is 3. The third-order valence-electron chi connectivity index (χ3n) is 3.30. The summed E-state index contributed by atoms with van der Waals surface area (Å²) in [4.78, 5) is 14.7. The largest absolute Gasteiger partial charge is 0.497 e. The molecule has 0 fully saturated rings. The number of methoxy groups -OCH3 is 1. The number of nitro groups is 1. The van der Waals surface area contributed by atoms with Crippen LogP contribution in [0.25, 0.3) is 11.0 Å². The van der Waals surface area contributed by atoms with Gasteiger partial charge >= 0.3 is 0 Å². The quantitative estimate of drug-likeness (QED) is 0.545. The Morgan fingerprint density at radius 2 is 2.14 bits per heavy atom. The predicted octanol–water partition coefficient (Wildman–Crippen LogP) is 3.00. The first-order valence-corrected chi connectivity index (χ1v) is 6.39. The number of hydrogen-bond donors (Lipinski definition) is 0. The van der Waals surface area contributed by atoms with E-state index in [2.05, 4.69) is 4.98 Å². The van der Waals surface area contributed by atoms with Gasteiger partial charge in [0.1, 0.15) is 5.75 Å². The number of non-ortho nitro benzene ring substituents is 1. The van der Waals surface area contributed by atoms with Gasteiger partial charge in [0, 0.05) is 18.7 Å². The Balaban J connectivity index is 1.99. The summed E-state index contributed by atoms with van der Waals surface area (Å²) in [7, 11) is 1.62. The first kappa shape index (κ1) is 13.1. The minimum absolute atomic E-state index is 0.0647. The average molecular weight is 283 g/mol. The van der Waals surface area contributed by atoms with E-state index >= 15 is 0 Å². The molecule has 106 valence electrons. The van der Waals surface area contributed by atoms with E-state index in [0.717, 1.165) is 22.3 Å². The van der Waals surface area contributed by atoms with Crippen molar-refractivity contribution in [2.45, 2.75) is 6.54 Å². The Morgan fingerprint density at radius 3 is 2.90 bits per heavy atom. The molecule has 1 heterocycles. The van der Waals surface area contributed by atoms with Gasteiger partial charge in [-0.3, -0.25) is 10.1 Å². The van der Waals surface area contributed by atoms with Crippen LogP contribution in [0.5, 0.6) is 5.75 Å². The Bertz CT molecular complexity index is 811. The van der Waals surface area contributed by atoms with Crippen LogP contribution in [0.1, 0.15) is 5.56 Å². The smallest absolute Gasteiger partial charge is 0.271 e. The van der Waals surface area contributed by atoms with Gasteiger partial charge in [0.2, 0.25) is 0 Å². The van der Waals surface area contributed by atoms with E-state index in [9.17, 15) is 10.1 Å². The molecule has 2 aromatic carbocycles. The van der Waals surface area contributed by atoms with Crippen LogP contribution in [0.2, 0.25) is 0 Å². The third kappa shape index (κ3) is 2.55. The van der Waals surface area contributed by atoms with E-state index < -0.39 is 4.92 Å². The van der Waals surface area contributed by atoms with Gasteiger partial charge in [0.15, 0.2) is 0 Å². The number of aromatic nitrogens is 2. The van der Waals surface area contributed by atoms with Gasteiger partial charge in [-0.25, -0.2) is 4.98 Å². The van der Waals surface area contributed by atoms with E-state index in [-0.39, 0.29) is 5.69 Å². The number of imidazole rings is 1. The van der Waals surface area contributed by atoms with Crippen LogP contribution in [-0.2, 0) is 6.54 Å². The molecule has 3 aromatic rings. The molecule has 0 aliphatic carbocycles. The maximum atomic E-state index is 10.9. The SMILES string of the molecule is COc1cccc(Cn2cnc3ccc([N+](=O)[O-])cc32)c1. The van der Waals surface area contributed by atoms with E-state index in [0.29, 0.717) is 6.54 Å². The minimum Gasteiger partial charge on any atom is -0.497 e. The molecule has 0 radical (unpaired) electrons. The first-order chi connectivity index (χ1) is 10.2. The maximum Gasteiger partial charge on any atom is 0.271 e. The summed E-state index contributed by atoms with van der Waals surface area (Å²) in [5, 5.41) is 10.9. The standard InChI is InChI=1S/C15H13N3O3/c1-21-13-4-2-3-11(7-13)9-17-10-16-14-6-5-12(18(19)20)8-15(14)17/h2-8,10H,9H2,1H3. The van der Waals surface area contributed by atoms with Gasteiger partial charge in [-0.05, 0) is 23.8 Å². The van der Waals surface area contributed by atoms with Gasteiger partial charge in [-0.15, -0.1) is 0 Å². The second-order valence-electron chi connectivity index (χ2n) is 4.65. The van der Waals surface area contributed by atoms with Crippen molar-refractivity contribution < 1.29 is 9.66 Å². The van der Waals surface area contributed by atoms with Crippen LogP contribution < -0.4 is 4.74 Å². The zero-order chi connectivity index (χ0) is 14.8. The van der Waals surface area contributed by atoms with Gasteiger partial charge in [-0.1, -0.05) is 12.1 Å². The monoisotopic (exact) mass is 283 g/mol. The summed E-state index contributed by atoms with van der Waals surface area (Å²) >= 11 is 0. The molecule has 0 unspecified atom stereocenters. The summed E-state index contributed by atoms with van der Waals surface area (Å²) < 4.78 is 7.08. The van der Waals surface area contributed by atoms with E-state index in [1.54, 1.807) is 25.6 Å². The van der Waals surface area contributed by atoms with Crippen LogP contribution in [0, 0.1) is 10.1 Å². The highest BCUT2D eigenvalue weighted by Gasteiger charge is 2.10. The van der Waals surface area contributed by atoms with Gasteiger partial charge in [-0.2, -0.15) is 0 Å². The van der Waals surface area contributed by atoms with Crippen LogP contribution >= 0.6 is 0 Å². The van der Waals surface area contributed by atoms with Crippen molar-refractivity contribution in [3.63, 3.8) is 0 Å². The summed E-state index contributed by atoms with van der Waals surface area (Å²) in [6, 6.07) is 12.4. The second-order valence-corrected chi connectivity index (χ2v) is 4.65. The van der Waals surface area contributed by atoms with Crippen molar-refractivity contribution in [2.75, 3.05) is 7.11 Å². The highest BCUT2D eigenvalue weighted by Crippen LogP contribution is 2.21. The Kier molecular flexibility index (Phi) is 3.27. The molecular weight excluding hydrogens is 270 g/mol. The molecule has 0 atom stereocenters. The highest BCUT2D eigenvalue weighted by atomic mass is 16.6. The molecule has 0 aliphatic heterocycles. The first-order valence-electron chi connectivity index (χ1n) is 6.39. The molecule has 0 saturated heterocycles. The topological polar surface area (TPSA) is 70.2 Å². The lowest BCUT2D eigenvalue weighted by Gasteiger charge is -2.06. The number of benzene rings is 2. The number of ether oxygens (including phenoxy) is 1. The molecule has 0 spiro atoms. The summed E-state index contributed by atoms with van der Waals surface area (Å²) in [6.07, 6.45) is 1.69. The van der Waals surface area contributed by atoms with Crippen molar-refractivity contribution >= 4 is 16.7 Å². The lowest BCUT2D eigenvalue weighted by Crippen LogP contribution is -1.98. The summed E-state index contributed by atoms with van der Waals surface area (Å²) in [6.45, 7) is 0.578. The molecule has 3 rings (SSSR count). The van der Waals surface area contributed by atoms with Gasteiger partial charge < -0.3 is 9.30 Å². The van der Waals surface area contributed by atoms with Crippen molar-refractivity contribution in [1.82, 2.24) is 9.55 Å². The minimum atomic E-state index is -0.400. The fraction of sp³-hybridized carbons (Fsp3) is 0.133. The number of nitro benzene ring substituents is 1. The Morgan fingerprint density at radius 1 is 1.29 bits per heavy atom. The second kappa shape index (κ2) is 5.24. The molecule has 6 heteroatoms. The van der Waals surface area contributed by atoms with Crippen molar-refractivity contribution in [3.05, 3.63) is 64.5 Å². The number of hydrogen-bond acceptors (Lipinski definition) is 4. The predicted molar refractivity (Wildman–Crippen MR) is 78.5 cm³/mol. The fourth-order valence-electron chi connectivity index (χ4n) is 2.25. The van der Waals surface area contributed by atoms with Crippen LogP contribution in [0.3, 0.4) is 0 Å². The fourth-order valence-corrected chi connectivity index (χ4v) is 2.25.